The molecule has 212 valence electrons. The standard InChI is InChI=1S/C26H32FN9O3S/c1-33(25-30-24(28)36-26(31-25)29-23(32-36)22-3-2-14-38-22)8-9-34-10-12-35(13-11-34)21-5-4-19(17-20(21)27)39-18-6-15-40(37)16-7-18/h2-5,14,17-18H,6-13,15-16H2,1H3,(H2,28,29,30,31,32)/t18-,40-. The van der Waals surface area contributed by atoms with Crippen molar-refractivity contribution in [3.05, 3.63) is 42.4 Å². The van der Waals surface area contributed by atoms with Gasteiger partial charge in [-0.05, 0) is 24.3 Å². The van der Waals surface area contributed by atoms with Gasteiger partial charge < -0.3 is 29.2 Å². The first kappa shape index (κ1) is 26.6. The van der Waals surface area contributed by atoms with Crippen molar-refractivity contribution >= 4 is 34.5 Å². The lowest BCUT2D eigenvalue weighted by atomic mass is 10.2. The van der Waals surface area contributed by atoms with E-state index in [9.17, 15) is 8.94 Å². The Morgan fingerprint density at radius 2 is 1.95 bits per heavy atom. The van der Waals surface area contributed by atoms with Crippen molar-refractivity contribution in [3.8, 4) is 17.3 Å². The summed E-state index contributed by atoms with van der Waals surface area (Å²) in [7, 11) is 1.91. The first-order valence-electron chi connectivity index (χ1n) is 13.4. The van der Waals surface area contributed by atoms with Crippen LogP contribution >= 0.6 is 0 Å². The maximum absolute atomic E-state index is 15.0. The number of nitrogens with two attached hydrogens (primary N) is 1. The number of likely N-dealkylation sites (N-methyl/N-ethyl adjacent to an activating group) is 1. The van der Waals surface area contributed by atoms with Crippen LogP contribution in [0.25, 0.3) is 17.4 Å². The second-order valence-corrected chi connectivity index (χ2v) is 11.7. The molecule has 0 saturated carbocycles. The number of rotatable bonds is 8. The minimum Gasteiger partial charge on any atom is -0.616 e. The minimum atomic E-state index is -0.745. The van der Waals surface area contributed by atoms with E-state index in [-0.39, 0.29) is 17.9 Å². The van der Waals surface area contributed by atoms with Crippen LogP contribution in [0.5, 0.6) is 5.75 Å². The van der Waals surface area contributed by atoms with E-state index in [1.54, 1.807) is 24.5 Å². The zero-order valence-electron chi connectivity index (χ0n) is 22.3. The highest BCUT2D eigenvalue weighted by Crippen LogP contribution is 2.27. The third-order valence-corrected chi connectivity index (χ3v) is 8.71. The summed E-state index contributed by atoms with van der Waals surface area (Å²) in [5.74, 6) is 3.49. The molecule has 0 atom stereocenters. The molecule has 2 fully saturated rings. The lowest BCUT2D eigenvalue weighted by Gasteiger charge is -2.37. The normalized spacial score (nSPS) is 20.2. The predicted molar refractivity (Wildman–Crippen MR) is 151 cm³/mol. The lowest BCUT2D eigenvalue weighted by molar-refractivity contribution is 0.189. The van der Waals surface area contributed by atoms with Crippen LogP contribution in [0, 0.1) is 5.82 Å². The largest absolute Gasteiger partial charge is 0.616 e. The monoisotopic (exact) mass is 569 g/mol. The van der Waals surface area contributed by atoms with Crippen molar-refractivity contribution in [2.75, 3.05) is 73.4 Å². The highest BCUT2D eigenvalue weighted by molar-refractivity contribution is 7.91. The number of anilines is 3. The summed E-state index contributed by atoms with van der Waals surface area (Å²) in [6.45, 7) is 4.54. The number of aromatic nitrogens is 5. The van der Waals surface area contributed by atoms with Crippen molar-refractivity contribution < 1.29 is 18.1 Å². The fourth-order valence-corrected chi connectivity index (χ4v) is 6.23. The van der Waals surface area contributed by atoms with Gasteiger partial charge in [0.1, 0.15) is 29.2 Å². The molecule has 1 aromatic carbocycles. The number of nitrogens with zero attached hydrogens (tertiary/aromatic N) is 8. The molecule has 2 N–H and O–H groups in total. The fourth-order valence-electron chi connectivity index (χ4n) is 4.98. The molecule has 6 rings (SSSR count). The van der Waals surface area contributed by atoms with E-state index < -0.39 is 11.2 Å². The molecule has 4 aromatic rings. The summed E-state index contributed by atoms with van der Waals surface area (Å²) in [6, 6.07) is 8.64. The number of hydrogen-bond acceptors (Lipinski definition) is 11. The van der Waals surface area contributed by atoms with E-state index in [1.165, 1.54) is 10.6 Å². The van der Waals surface area contributed by atoms with Crippen molar-refractivity contribution in [1.82, 2.24) is 29.5 Å². The molecule has 0 aliphatic carbocycles. The van der Waals surface area contributed by atoms with Crippen LogP contribution in [0.4, 0.5) is 22.0 Å². The van der Waals surface area contributed by atoms with Crippen molar-refractivity contribution in [3.63, 3.8) is 0 Å². The van der Waals surface area contributed by atoms with Crippen molar-refractivity contribution in [1.29, 1.82) is 0 Å². The molecule has 0 unspecified atom stereocenters. The van der Waals surface area contributed by atoms with Gasteiger partial charge in [-0.1, -0.05) is 11.2 Å². The number of halogens is 1. The summed E-state index contributed by atoms with van der Waals surface area (Å²) in [6.07, 6.45) is 3.05. The maximum Gasteiger partial charge on any atom is 0.259 e. The van der Waals surface area contributed by atoms with E-state index in [0.29, 0.717) is 52.8 Å². The summed E-state index contributed by atoms with van der Waals surface area (Å²) in [5, 5.41) is 4.33. The number of ether oxygens (including phenoxy) is 1. The summed E-state index contributed by atoms with van der Waals surface area (Å²) in [5.41, 5.74) is 6.72. The van der Waals surface area contributed by atoms with Gasteiger partial charge in [0.15, 0.2) is 5.76 Å². The Hall–Kier alpha value is -3.62. The molecule has 0 amide bonds. The summed E-state index contributed by atoms with van der Waals surface area (Å²) < 4.78 is 39.2. The van der Waals surface area contributed by atoms with Gasteiger partial charge >= 0.3 is 0 Å². The summed E-state index contributed by atoms with van der Waals surface area (Å²) >= 11 is -0.745. The van der Waals surface area contributed by atoms with Gasteiger partial charge in [0.05, 0.1) is 12.0 Å². The molecule has 3 aromatic heterocycles. The number of benzene rings is 1. The fraction of sp³-hybridized carbons (Fsp3) is 0.462. The Kier molecular flexibility index (Phi) is 7.63. The van der Waals surface area contributed by atoms with Crippen LogP contribution in [-0.4, -0.2) is 97.9 Å². The average Bonchev–Trinajstić information content (AvgIpc) is 3.64. The molecule has 40 heavy (non-hydrogen) atoms. The molecule has 14 heteroatoms. The molecule has 0 bridgehead atoms. The van der Waals surface area contributed by atoms with Crippen molar-refractivity contribution in [2.24, 2.45) is 0 Å². The number of hydrogen-bond donors (Lipinski definition) is 1. The Balaban J connectivity index is 1.01. The second kappa shape index (κ2) is 11.5. The minimum absolute atomic E-state index is 0.00366. The van der Waals surface area contributed by atoms with E-state index in [2.05, 4.69) is 29.9 Å². The molecule has 2 aliphatic heterocycles. The average molecular weight is 570 g/mol. The smallest absolute Gasteiger partial charge is 0.259 e. The zero-order valence-corrected chi connectivity index (χ0v) is 23.1. The van der Waals surface area contributed by atoms with Gasteiger partial charge in [0.2, 0.25) is 17.7 Å². The highest BCUT2D eigenvalue weighted by Gasteiger charge is 2.25. The molecule has 2 aliphatic rings. The van der Waals surface area contributed by atoms with Crippen LogP contribution < -0.4 is 20.3 Å². The van der Waals surface area contributed by atoms with E-state index in [0.717, 1.165) is 45.6 Å². The number of furan rings is 1. The van der Waals surface area contributed by atoms with Gasteiger partial charge in [-0.25, -0.2) is 4.39 Å². The molecule has 2 saturated heterocycles. The molecular formula is C26H32FN9O3S. The maximum atomic E-state index is 15.0. The molecular weight excluding hydrogens is 537 g/mol. The van der Waals surface area contributed by atoms with Gasteiger partial charge in [0, 0.05) is 65.2 Å². The topological polar surface area (TPSA) is 137 Å². The first-order valence-corrected chi connectivity index (χ1v) is 14.9. The van der Waals surface area contributed by atoms with Crippen LogP contribution in [0.2, 0.25) is 0 Å². The van der Waals surface area contributed by atoms with E-state index in [4.69, 9.17) is 14.9 Å². The molecule has 0 radical (unpaired) electrons. The Labute approximate surface area is 234 Å². The molecule has 0 spiro atoms. The predicted octanol–water partition coefficient (Wildman–Crippen LogP) is 2.05. The SMILES string of the molecule is CN(CCN1CCN(c2ccc(O[C@H]3CC[S@+]([O-])CC3)cc2F)CC1)c1nc(N)n2nc(-c3ccco3)nc2n1. The van der Waals surface area contributed by atoms with Crippen molar-refractivity contribution in [2.45, 2.75) is 18.9 Å². The van der Waals surface area contributed by atoms with Gasteiger partial charge in [-0.2, -0.15) is 19.5 Å². The number of piperazine rings is 1. The molecule has 5 heterocycles. The molecule has 12 nitrogen and oxygen atoms in total. The van der Waals surface area contributed by atoms with Gasteiger partial charge in [-0.15, -0.1) is 5.10 Å². The van der Waals surface area contributed by atoms with Crippen LogP contribution in [0.3, 0.4) is 0 Å². The van der Waals surface area contributed by atoms with Crippen LogP contribution in [-0.2, 0) is 11.2 Å². The second-order valence-electron chi connectivity index (χ2n) is 10.0. The lowest BCUT2D eigenvalue weighted by Crippen LogP contribution is -2.48. The van der Waals surface area contributed by atoms with Crippen LogP contribution in [0.1, 0.15) is 12.8 Å². The van der Waals surface area contributed by atoms with Crippen LogP contribution in [0.15, 0.2) is 41.0 Å². The Morgan fingerprint density at radius 1 is 1.15 bits per heavy atom. The third kappa shape index (κ3) is 5.78. The highest BCUT2D eigenvalue weighted by atomic mass is 32.2. The zero-order chi connectivity index (χ0) is 27.6. The Bertz CT molecular complexity index is 1440. The van der Waals surface area contributed by atoms with Gasteiger partial charge in [0.25, 0.3) is 5.78 Å². The Morgan fingerprint density at radius 3 is 2.67 bits per heavy atom. The summed E-state index contributed by atoms with van der Waals surface area (Å²) in [4.78, 5) is 19.7. The van der Waals surface area contributed by atoms with Gasteiger partial charge in [-0.3, -0.25) is 4.90 Å². The quantitative estimate of drug-likeness (QED) is 0.312. The number of nitrogen functional groups attached to an aromatic ring is 1. The van der Waals surface area contributed by atoms with E-state index in [1.807, 2.05) is 18.0 Å². The third-order valence-electron chi connectivity index (χ3n) is 7.33. The number of fused-ring (bicyclic) bond motifs is 1. The first-order chi connectivity index (χ1) is 19.4. The van der Waals surface area contributed by atoms with E-state index >= 15 is 0 Å².